The van der Waals surface area contributed by atoms with Crippen LogP contribution in [0.25, 0.3) is 27.6 Å². The number of allylic oxidation sites excluding steroid dienone is 3. The minimum absolute atomic E-state index is 0.00926. The SMILES string of the molecule is CN(C1CCOCC1)C1Cc2ccc(NC(=O)/C=C3\CCCOc4cc(C(F)(F)F)ccc43)cc2NC1=O.O=C(/C=C1\CCCOc2cc(C(F)(F)F)ccc21)Nc1ccc2c(c1)NS(=O)(=O)CC2.O=C(/C=C1\CCCOc2cc(C(F)(F)F)ccc21)Nc1ccc2cc(N3CCOCC3)c(=O)[nH]c2c1. The first kappa shape index (κ1) is 74.5. The van der Waals surface area contributed by atoms with Gasteiger partial charge in [0.1, 0.15) is 22.9 Å². The summed E-state index contributed by atoms with van der Waals surface area (Å²) < 4.78 is 171. The van der Waals surface area contributed by atoms with Crippen molar-refractivity contribution in [3.05, 3.63) is 188 Å². The quantitative estimate of drug-likeness (QED) is 0.0581. The average Bonchev–Trinajstić information content (AvgIpc) is 1.35. The van der Waals surface area contributed by atoms with Crippen LogP contribution in [0, 0.1) is 0 Å². The monoisotopic (exact) mass is 1480 g/mol. The number of fused-ring (bicyclic) bond motifs is 6. The molecule has 0 radical (unpaired) electrons. The zero-order chi connectivity index (χ0) is 74.4. The molecule has 7 aliphatic rings. The first-order valence-corrected chi connectivity index (χ1v) is 35.7. The Morgan fingerprint density at radius 1 is 0.533 bits per heavy atom. The number of halogens is 9. The largest absolute Gasteiger partial charge is 0.493 e. The molecule has 1 aromatic heterocycles. The third-order valence-electron chi connectivity index (χ3n) is 18.8. The van der Waals surface area contributed by atoms with Crippen molar-refractivity contribution < 1.29 is 90.8 Å². The molecule has 0 saturated carbocycles. The number of carbonyl (C=O) groups is 4. The van der Waals surface area contributed by atoms with Gasteiger partial charge in [0.25, 0.3) is 5.56 Å². The van der Waals surface area contributed by atoms with Gasteiger partial charge in [0.05, 0.1) is 72.7 Å². The van der Waals surface area contributed by atoms with Crippen molar-refractivity contribution >= 4 is 95.4 Å². The number of H-pyrrole nitrogens is 1. The number of alkyl halides is 9. The third kappa shape index (κ3) is 18.7. The van der Waals surface area contributed by atoms with E-state index < -0.39 is 63.0 Å². The number of ether oxygens (including phenoxy) is 5. The van der Waals surface area contributed by atoms with Crippen LogP contribution in [0.2, 0.25) is 0 Å². The smallest absolute Gasteiger partial charge is 0.416 e. The van der Waals surface area contributed by atoms with E-state index in [9.17, 15) is 71.9 Å². The number of rotatable bonds is 9. The fourth-order valence-corrected chi connectivity index (χ4v) is 14.4. The minimum Gasteiger partial charge on any atom is -0.493 e. The van der Waals surface area contributed by atoms with Crippen LogP contribution in [0.15, 0.2) is 138 Å². The molecule has 30 heteroatoms. The summed E-state index contributed by atoms with van der Waals surface area (Å²) in [7, 11) is -1.40. The fraction of sp³-hybridized carbons (Fsp3) is 0.347. The number of anilines is 6. The second-order valence-electron chi connectivity index (χ2n) is 26.0. The summed E-state index contributed by atoms with van der Waals surface area (Å²) in [5.74, 6) is -1.05. The number of hydrogen-bond donors (Lipinski definition) is 6. The van der Waals surface area contributed by atoms with Gasteiger partial charge in [-0.25, -0.2) is 8.42 Å². The van der Waals surface area contributed by atoms with Crippen LogP contribution in [0.4, 0.5) is 73.6 Å². The highest BCUT2D eigenvalue weighted by molar-refractivity contribution is 7.92. The maximum Gasteiger partial charge on any atom is 0.416 e. The second-order valence-corrected chi connectivity index (χ2v) is 27.8. The Balaban J connectivity index is 0.000000149. The Bertz CT molecular complexity index is 4760. The Morgan fingerprint density at radius 3 is 1.47 bits per heavy atom. The number of nitrogens with zero attached hydrogens (tertiary/aromatic N) is 2. The number of likely N-dealkylation sites (N-methyl/N-ethyl adjacent to an activating group) is 1. The summed E-state index contributed by atoms with van der Waals surface area (Å²) in [6.07, 6.45) is -3.43. The first-order chi connectivity index (χ1) is 50.1. The molecule has 0 bridgehead atoms. The van der Waals surface area contributed by atoms with Gasteiger partial charge < -0.3 is 54.8 Å². The molecule has 7 aliphatic heterocycles. The highest BCUT2D eigenvalue weighted by Gasteiger charge is 2.37. The molecule has 6 N–H and O–H groups in total. The van der Waals surface area contributed by atoms with Crippen molar-refractivity contribution in [3.63, 3.8) is 0 Å². The molecule has 20 nitrogen and oxygen atoms in total. The standard InChI is InChI=1S/C28H30F3N3O4.C26H24F3N3O4.C21H19F3N2O4S/c1-34(21-8-11-37-12-9-21)24-13-18-4-6-20(16-23(18)33-27(24)36)32-26(35)14-17-3-2-10-38-25-15-19(28(29,30)31)5-7-22(17)25;27-26(28,29)18-4-6-20-16(2-1-9-36-23(20)14-18)13-24(33)30-19-5-3-17-12-22(25(34)31-21(17)15-19)32-7-10-35-11-8-32;22-21(23,24)15-4-6-17-14(2-1-8-30-19(17)11-15)10-20(27)25-16-5-3-13-7-9-31(28,29)26-18(13)12-16/h4-7,14-16,21,24H,2-3,8-13H2,1H3,(H,32,35)(H,33,36);3-6,12-15H,1-2,7-11H2,(H,30,33)(H,31,34);3-6,10-12,26H,1-2,7-9H2,(H,25,27)/b17-14+;16-13+;14-10+. The second kappa shape index (κ2) is 31.7. The van der Waals surface area contributed by atoms with Gasteiger partial charge in [0, 0.05) is 95.4 Å². The van der Waals surface area contributed by atoms with Crippen LogP contribution in [0.3, 0.4) is 0 Å². The zero-order valence-electron chi connectivity index (χ0n) is 56.6. The molecule has 105 heavy (non-hydrogen) atoms. The molecule has 2 fully saturated rings. The number of aromatic nitrogens is 1. The van der Waals surface area contributed by atoms with Gasteiger partial charge in [-0.3, -0.25) is 33.6 Å². The zero-order valence-corrected chi connectivity index (χ0v) is 57.4. The predicted octanol–water partition coefficient (Wildman–Crippen LogP) is 13.7. The normalized spacial score (nSPS) is 19.2. The van der Waals surface area contributed by atoms with Crippen molar-refractivity contribution in [2.24, 2.45) is 0 Å². The lowest BCUT2D eigenvalue weighted by Gasteiger charge is -2.38. The van der Waals surface area contributed by atoms with Crippen molar-refractivity contribution in [1.29, 1.82) is 0 Å². The van der Waals surface area contributed by atoms with E-state index in [1.807, 2.05) is 30.1 Å². The summed E-state index contributed by atoms with van der Waals surface area (Å²) >= 11 is 0. The number of amides is 4. The van der Waals surface area contributed by atoms with Gasteiger partial charge in [-0.05, 0) is 178 Å². The van der Waals surface area contributed by atoms with Crippen molar-refractivity contribution in [1.82, 2.24) is 9.88 Å². The van der Waals surface area contributed by atoms with Gasteiger partial charge in [-0.15, -0.1) is 0 Å². The third-order valence-corrected chi connectivity index (χ3v) is 20.0. The fourth-order valence-electron chi connectivity index (χ4n) is 13.3. The molecule has 0 aliphatic carbocycles. The molecule has 2 saturated heterocycles. The predicted molar refractivity (Wildman–Crippen MR) is 378 cm³/mol. The lowest BCUT2D eigenvalue weighted by atomic mass is 9.95. The van der Waals surface area contributed by atoms with E-state index in [4.69, 9.17) is 23.7 Å². The van der Waals surface area contributed by atoms with Gasteiger partial charge in [0.15, 0.2) is 0 Å². The maximum absolute atomic E-state index is 13.1. The number of aryl methyl sites for hydroxylation is 1. The summed E-state index contributed by atoms with van der Waals surface area (Å²) in [5, 5.41) is 12.1. The Morgan fingerprint density at radius 2 is 0.981 bits per heavy atom. The molecule has 4 amide bonds. The van der Waals surface area contributed by atoms with Gasteiger partial charge in [0.2, 0.25) is 33.7 Å². The molecule has 1 atom stereocenters. The number of benzene rings is 6. The Hall–Kier alpha value is -10.2. The topological polar surface area (TPSA) is 248 Å². The molecule has 14 rings (SSSR count). The van der Waals surface area contributed by atoms with E-state index in [-0.39, 0.29) is 60.3 Å². The number of nitrogens with one attached hydrogen (secondary N) is 6. The summed E-state index contributed by atoms with van der Waals surface area (Å²) in [5.41, 5.74) is 5.99. The molecule has 1 unspecified atom stereocenters. The van der Waals surface area contributed by atoms with Crippen LogP contribution >= 0.6 is 0 Å². The number of hydrogen-bond acceptors (Lipinski definition) is 14. The lowest BCUT2D eigenvalue weighted by molar-refractivity contribution is -0.138. The van der Waals surface area contributed by atoms with Crippen molar-refractivity contribution in [2.75, 3.05) is 103 Å². The van der Waals surface area contributed by atoms with Crippen LogP contribution in [-0.2, 0) is 70.0 Å². The number of sulfonamides is 1. The molecule has 7 aromatic rings. The summed E-state index contributed by atoms with van der Waals surface area (Å²) in [6.45, 7) is 4.60. The van der Waals surface area contributed by atoms with E-state index in [2.05, 4.69) is 35.9 Å². The average molecular weight is 1480 g/mol. The number of morpholine rings is 1. The van der Waals surface area contributed by atoms with E-state index >= 15 is 0 Å². The number of aromatic amines is 1. The minimum atomic E-state index is -4.49. The van der Waals surface area contributed by atoms with Crippen molar-refractivity contribution in [3.8, 4) is 17.2 Å². The lowest BCUT2D eigenvalue weighted by Crippen LogP contribution is -2.51. The molecule has 6 aromatic carbocycles. The summed E-state index contributed by atoms with van der Waals surface area (Å²) in [6, 6.07) is 27.3. The van der Waals surface area contributed by atoms with E-state index in [1.165, 1.54) is 36.4 Å². The summed E-state index contributed by atoms with van der Waals surface area (Å²) in [4.78, 5) is 70.8. The van der Waals surface area contributed by atoms with Crippen LogP contribution in [0.5, 0.6) is 17.2 Å². The van der Waals surface area contributed by atoms with Crippen LogP contribution in [0.1, 0.15) is 95.9 Å². The van der Waals surface area contributed by atoms with Crippen LogP contribution < -0.4 is 50.7 Å². The molecular formula is C75H73F9N8O12S. The first-order valence-electron chi connectivity index (χ1n) is 34.0. The number of pyridine rings is 1. The van der Waals surface area contributed by atoms with E-state index in [0.29, 0.717) is 170 Å². The highest BCUT2D eigenvalue weighted by Crippen LogP contribution is 2.42. The Kier molecular flexibility index (Phi) is 22.5. The van der Waals surface area contributed by atoms with Gasteiger partial charge in [-0.1, -0.05) is 36.4 Å². The van der Waals surface area contributed by atoms with Crippen LogP contribution in [-0.4, -0.2) is 126 Å². The van der Waals surface area contributed by atoms with Crippen molar-refractivity contribution in [2.45, 2.75) is 94.8 Å². The number of carbonyl (C=O) groups excluding carboxylic acids is 4. The van der Waals surface area contributed by atoms with Gasteiger partial charge in [-0.2, -0.15) is 39.5 Å². The molecule has 8 heterocycles. The molecule has 0 spiro atoms. The Labute approximate surface area is 597 Å². The molecule has 554 valence electrons. The van der Waals surface area contributed by atoms with E-state index in [0.717, 1.165) is 65.8 Å². The van der Waals surface area contributed by atoms with Gasteiger partial charge >= 0.3 is 18.5 Å². The molecular weight excluding hydrogens is 1410 g/mol. The van der Waals surface area contributed by atoms with E-state index in [1.54, 1.807) is 42.5 Å². The highest BCUT2D eigenvalue weighted by atomic mass is 32.2. The maximum atomic E-state index is 13.1.